The zero-order valence-corrected chi connectivity index (χ0v) is 17.4. The van der Waals surface area contributed by atoms with Crippen LogP contribution in [0.5, 0.6) is 0 Å². The van der Waals surface area contributed by atoms with E-state index in [1.807, 2.05) is 0 Å². The number of ether oxygens (including phenoxy) is 1. The van der Waals surface area contributed by atoms with Crippen molar-refractivity contribution in [2.45, 2.75) is 33.1 Å². The molecule has 0 bridgehead atoms. The lowest BCUT2D eigenvalue weighted by atomic mass is 9.88. The summed E-state index contributed by atoms with van der Waals surface area (Å²) in [6.07, 6.45) is 7.22. The number of rotatable bonds is 5. The van der Waals surface area contributed by atoms with E-state index in [4.69, 9.17) is 21.4 Å². The second-order valence-electron chi connectivity index (χ2n) is 6.57. The van der Waals surface area contributed by atoms with Crippen molar-refractivity contribution < 1.29 is 18.7 Å². The second kappa shape index (κ2) is 9.16. The topological polar surface area (TPSA) is 80.6 Å². The summed E-state index contributed by atoms with van der Waals surface area (Å²) in [5.41, 5.74) is 1.58. The maximum absolute atomic E-state index is 12.5. The van der Waals surface area contributed by atoms with Gasteiger partial charge in [-0.2, -0.15) is 0 Å². The van der Waals surface area contributed by atoms with Crippen LogP contribution in [-0.4, -0.2) is 23.6 Å². The fourth-order valence-electron chi connectivity index (χ4n) is 3.09. The molecule has 2 heterocycles. The number of amides is 1. The van der Waals surface area contributed by atoms with Gasteiger partial charge in [-0.3, -0.25) is 10.1 Å². The average molecular weight is 419 g/mol. The Morgan fingerprint density at radius 2 is 2.29 bits per heavy atom. The lowest BCUT2D eigenvalue weighted by Crippen LogP contribution is -2.33. The Balaban J connectivity index is 1.72. The normalized spacial score (nSPS) is 15.9. The van der Waals surface area contributed by atoms with Gasteiger partial charge in [0.1, 0.15) is 10.8 Å². The van der Waals surface area contributed by atoms with Gasteiger partial charge in [0.25, 0.3) is 0 Å². The van der Waals surface area contributed by atoms with Crippen LogP contribution in [0.3, 0.4) is 0 Å². The molecule has 0 aliphatic heterocycles. The minimum atomic E-state index is -0.387. The molecule has 0 saturated carbocycles. The summed E-state index contributed by atoms with van der Waals surface area (Å²) in [7, 11) is 0. The predicted octanol–water partition coefficient (Wildman–Crippen LogP) is 4.17. The van der Waals surface area contributed by atoms with Gasteiger partial charge in [0.2, 0.25) is 5.91 Å². The van der Waals surface area contributed by atoms with Gasteiger partial charge in [0, 0.05) is 11.0 Å². The SMILES string of the molecule is CCOC(=O)c1c(NC(=S)NC(=O)/C=C/c2ccco2)sc2c1CCC(C)C2. The number of thiocarbonyl (C=S) groups is 1. The quantitative estimate of drug-likeness (QED) is 0.431. The third-order valence-electron chi connectivity index (χ3n) is 4.40. The molecule has 2 N–H and O–H groups in total. The van der Waals surface area contributed by atoms with Crippen LogP contribution in [-0.2, 0) is 22.4 Å². The lowest BCUT2D eigenvalue weighted by molar-refractivity contribution is -0.115. The van der Waals surface area contributed by atoms with Gasteiger partial charge >= 0.3 is 5.97 Å². The van der Waals surface area contributed by atoms with E-state index in [9.17, 15) is 9.59 Å². The molecule has 3 rings (SSSR count). The van der Waals surface area contributed by atoms with Crippen molar-refractivity contribution in [2.75, 3.05) is 11.9 Å². The molecule has 28 heavy (non-hydrogen) atoms. The van der Waals surface area contributed by atoms with Crippen LogP contribution in [0.1, 0.15) is 46.8 Å². The number of fused-ring (bicyclic) bond motifs is 1. The van der Waals surface area contributed by atoms with Crippen LogP contribution in [0.2, 0.25) is 0 Å². The highest BCUT2D eigenvalue weighted by Crippen LogP contribution is 2.40. The molecule has 0 fully saturated rings. The van der Waals surface area contributed by atoms with E-state index in [2.05, 4.69) is 17.6 Å². The van der Waals surface area contributed by atoms with Crippen LogP contribution in [0, 0.1) is 5.92 Å². The number of nitrogens with one attached hydrogen (secondary N) is 2. The third kappa shape index (κ3) is 4.88. The predicted molar refractivity (Wildman–Crippen MR) is 114 cm³/mol. The molecule has 1 aliphatic carbocycles. The van der Waals surface area contributed by atoms with Crippen molar-refractivity contribution in [2.24, 2.45) is 5.92 Å². The maximum atomic E-state index is 12.5. The highest BCUT2D eigenvalue weighted by atomic mass is 32.1. The van der Waals surface area contributed by atoms with E-state index in [1.165, 1.54) is 28.6 Å². The number of carbonyl (C=O) groups excluding carboxylic acids is 2. The molecule has 0 radical (unpaired) electrons. The minimum absolute atomic E-state index is 0.131. The number of hydrogen-bond donors (Lipinski definition) is 2. The number of thiophene rings is 1. The fourth-order valence-corrected chi connectivity index (χ4v) is 4.76. The number of hydrogen-bond acceptors (Lipinski definition) is 6. The number of anilines is 1. The molecule has 1 atom stereocenters. The zero-order valence-electron chi connectivity index (χ0n) is 15.7. The van der Waals surface area contributed by atoms with Crippen molar-refractivity contribution in [1.29, 1.82) is 0 Å². The van der Waals surface area contributed by atoms with Crippen molar-refractivity contribution in [3.8, 4) is 0 Å². The maximum Gasteiger partial charge on any atom is 0.341 e. The van der Waals surface area contributed by atoms with Crippen LogP contribution >= 0.6 is 23.6 Å². The van der Waals surface area contributed by atoms with Gasteiger partial charge in [-0.05, 0) is 68.1 Å². The molecule has 0 spiro atoms. The van der Waals surface area contributed by atoms with Gasteiger partial charge in [-0.1, -0.05) is 6.92 Å². The van der Waals surface area contributed by atoms with Crippen molar-refractivity contribution in [3.63, 3.8) is 0 Å². The summed E-state index contributed by atoms with van der Waals surface area (Å²) in [5, 5.41) is 6.35. The first-order chi connectivity index (χ1) is 13.5. The molecule has 1 unspecified atom stereocenters. The Morgan fingerprint density at radius 1 is 1.46 bits per heavy atom. The van der Waals surface area contributed by atoms with Crippen molar-refractivity contribution in [1.82, 2.24) is 5.32 Å². The molecule has 1 aliphatic rings. The Labute approximate surface area is 173 Å². The van der Waals surface area contributed by atoms with E-state index in [1.54, 1.807) is 25.1 Å². The summed E-state index contributed by atoms with van der Waals surface area (Å²) < 4.78 is 10.4. The number of carbonyl (C=O) groups is 2. The Kier molecular flexibility index (Phi) is 6.64. The standard InChI is InChI=1S/C20H22N2O4S2/c1-3-25-19(24)17-14-8-6-12(2)11-15(14)28-18(17)22-20(27)21-16(23)9-7-13-5-4-10-26-13/h4-5,7,9-10,12H,3,6,8,11H2,1-2H3,(H2,21,22,23,27)/b9-7+. The number of furan rings is 1. The summed E-state index contributed by atoms with van der Waals surface area (Å²) in [6.45, 7) is 4.29. The molecule has 148 valence electrons. The van der Waals surface area contributed by atoms with Gasteiger partial charge < -0.3 is 14.5 Å². The van der Waals surface area contributed by atoms with Gasteiger partial charge in [0.05, 0.1) is 18.4 Å². The zero-order chi connectivity index (χ0) is 20.1. The summed E-state index contributed by atoms with van der Waals surface area (Å²) >= 11 is 6.76. The first-order valence-electron chi connectivity index (χ1n) is 9.13. The van der Waals surface area contributed by atoms with Gasteiger partial charge in [0.15, 0.2) is 5.11 Å². The van der Waals surface area contributed by atoms with E-state index in [0.29, 0.717) is 28.8 Å². The summed E-state index contributed by atoms with van der Waals surface area (Å²) in [5.74, 6) is 0.400. The molecular formula is C20H22N2O4S2. The van der Waals surface area contributed by atoms with Crippen LogP contribution in [0.4, 0.5) is 5.00 Å². The molecular weight excluding hydrogens is 396 g/mol. The molecule has 0 aromatic carbocycles. The number of esters is 1. The first kappa shape index (κ1) is 20.3. The molecule has 1 amide bonds. The largest absolute Gasteiger partial charge is 0.465 e. The van der Waals surface area contributed by atoms with E-state index in [-0.39, 0.29) is 17.0 Å². The molecule has 8 heteroatoms. The lowest BCUT2D eigenvalue weighted by Gasteiger charge is -2.18. The first-order valence-corrected chi connectivity index (χ1v) is 10.4. The molecule has 6 nitrogen and oxygen atoms in total. The van der Waals surface area contributed by atoms with Crippen LogP contribution in [0.15, 0.2) is 28.9 Å². The highest BCUT2D eigenvalue weighted by molar-refractivity contribution is 7.80. The highest BCUT2D eigenvalue weighted by Gasteiger charge is 2.28. The Bertz CT molecular complexity index is 900. The van der Waals surface area contributed by atoms with Crippen LogP contribution < -0.4 is 10.6 Å². The monoisotopic (exact) mass is 418 g/mol. The summed E-state index contributed by atoms with van der Waals surface area (Å²) in [6, 6.07) is 3.48. The van der Waals surface area contributed by atoms with Crippen molar-refractivity contribution >= 4 is 51.6 Å². The average Bonchev–Trinajstić information content (AvgIpc) is 3.26. The molecule has 0 saturated heterocycles. The minimum Gasteiger partial charge on any atom is -0.465 e. The van der Waals surface area contributed by atoms with Crippen LogP contribution in [0.25, 0.3) is 6.08 Å². The Morgan fingerprint density at radius 3 is 3.00 bits per heavy atom. The smallest absolute Gasteiger partial charge is 0.341 e. The van der Waals surface area contributed by atoms with E-state index in [0.717, 1.165) is 24.8 Å². The molecule has 2 aromatic heterocycles. The van der Waals surface area contributed by atoms with Gasteiger partial charge in [-0.15, -0.1) is 11.3 Å². The third-order valence-corrected chi connectivity index (χ3v) is 5.77. The second-order valence-corrected chi connectivity index (χ2v) is 8.08. The van der Waals surface area contributed by atoms with Gasteiger partial charge in [-0.25, -0.2) is 4.79 Å². The molecule has 2 aromatic rings. The summed E-state index contributed by atoms with van der Waals surface area (Å²) in [4.78, 5) is 25.7. The fraction of sp³-hybridized carbons (Fsp3) is 0.350. The van der Waals surface area contributed by atoms with Crippen molar-refractivity contribution in [3.05, 3.63) is 46.2 Å². The Hall–Kier alpha value is -2.45. The van der Waals surface area contributed by atoms with E-state index >= 15 is 0 Å². The van der Waals surface area contributed by atoms with E-state index < -0.39 is 0 Å².